The van der Waals surface area contributed by atoms with Gasteiger partial charge >= 0.3 is 0 Å². The number of hydrogen-bond donors (Lipinski definition) is 2. The van der Waals surface area contributed by atoms with E-state index < -0.39 is 24.6 Å². The highest BCUT2D eigenvalue weighted by Crippen LogP contribution is 2.02. The molecule has 0 unspecified atom stereocenters. The summed E-state index contributed by atoms with van der Waals surface area (Å²) in [4.78, 5) is 0. The summed E-state index contributed by atoms with van der Waals surface area (Å²) in [6, 6.07) is 0. The Balaban J connectivity index is 5.21. The van der Waals surface area contributed by atoms with Crippen LogP contribution in [-0.2, 0) is 20.0 Å². The van der Waals surface area contributed by atoms with Crippen LogP contribution in [0.3, 0.4) is 0 Å². The molecule has 0 fully saturated rings. The molecule has 0 spiro atoms. The molecule has 0 aliphatic rings. The van der Waals surface area contributed by atoms with Gasteiger partial charge in [-0.15, -0.1) is 6.58 Å². The largest absolute Gasteiger partial charge is 0.231 e. The van der Waals surface area contributed by atoms with Crippen LogP contribution in [0.1, 0.15) is 0 Å². The van der Waals surface area contributed by atoms with Crippen LogP contribution in [0.2, 0.25) is 0 Å². The molecule has 0 rings (SSSR count). The van der Waals surface area contributed by atoms with Gasteiger partial charge in [-0.3, -0.25) is 0 Å². The summed E-state index contributed by atoms with van der Waals surface area (Å²) in [6.45, 7) is 2.98. The second kappa shape index (κ2) is 2.89. The number of sulfonamides is 2. The summed E-state index contributed by atoms with van der Waals surface area (Å²) < 4.78 is 39.9. The van der Waals surface area contributed by atoms with Crippen LogP contribution in [0.15, 0.2) is 12.7 Å². The summed E-state index contributed by atoms with van der Waals surface area (Å²) in [5, 5.41) is 9.04. The van der Waals surface area contributed by atoms with Gasteiger partial charge in [0.2, 0.25) is 24.6 Å². The Bertz CT molecular complexity index is 308. The van der Waals surface area contributed by atoms with Crippen LogP contribution in [0, 0.1) is 0 Å². The van der Waals surface area contributed by atoms with Crippen LogP contribution < -0.4 is 10.3 Å². The Hall–Kier alpha value is -0.440. The fraction of sp³-hybridized carbons (Fsp3) is 0.333. The van der Waals surface area contributed by atoms with Gasteiger partial charge in [-0.1, -0.05) is 6.08 Å². The fourth-order valence-corrected chi connectivity index (χ4v) is 2.49. The van der Waals surface area contributed by atoms with Gasteiger partial charge in [-0.2, -0.15) is 0 Å². The lowest BCUT2D eigenvalue weighted by Crippen LogP contribution is -2.37. The Morgan fingerprint density at radius 1 is 1.09 bits per heavy atom. The molecule has 0 aliphatic heterocycles. The normalized spacial score (nSPS) is 13.4. The van der Waals surface area contributed by atoms with Crippen molar-refractivity contribution in [1.29, 1.82) is 0 Å². The van der Waals surface area contributed by atoms with Crippen molar-refractivity contribution in [3.8, 4) is 0 Å². The van der Waals surface area contributed by atoms with Gasteiger partial charge in [0.1, 0.15) is 0 Å². The van der Waals surface area contributed by atoms with Gasteiger partial charge in [0.15, 0.2) is 0 Å². The van der Waals surface area contributed by atoms with E-state index >= 15 is 0 Å². The third kappa shape index (κ3) is 2.97. The monoisotopic (exact) mass is 200 g/mol. The predicted molar refractivity (Wildman–Crippen MR) is 40.2 cm³/mol. The maximum atomic E-state index is 10.5. The van der Waals surface area contributed by atoms with Gasteiger partial charge in [0, 0.05) is 0 Å². The molecule has 0 atom stereocenters. The van der Waals surface area contributed by atoms with Crippen molar-refractivity contribution >= 4 is 20.0 Å². The standard InChI is InChI=1S/C3H8N2O4S2/c1-2-3(10(4,6)7)11(5,8)9/h2-3H,1H2,(H2,4,6,7)(H2,5,8,9). The molecule has 6 nitrogen and oxygen atoms in total. The van der Waals surface area contributed by atoms with Crippen molar-refractivity contribution in [1.82, 2.24) is 0 Å². The Kier molecular flexibility index (Phi) is 2.78. The third-order valence-corrected chi connectivity index (χ3v) is 4.13. The van der Waals surface area contributed by atoms with E-state index in [1.807, 2.05) is 0 Å². The number of rotatable bonds is 3. The number of nitrogens with two attached hydrogens (primary N) is 2. The zero-order chi connectivity index (χ0) is 9.28. The van der Waals surface area contributed by atoms with Gasteiger partial charge < -0.3 is 0 Å². The molecule has 0 saturated heterocycles. The van der Waals surface area contributed by atoms with E-state index in [9.17, 15) is 16.8 Å². The highest BCUT2D eigenvalue weighted by Gasteiger charge is 2.28. The second-order valence-electron chi connectivity index (χ2n) is 1.78. The molecule has 0 amide bonds. The van der Waals surface area contributed by atoms with Crippen molar-refractivity contribution in [2.45, 2.75) is 4.58 Å². The van der Waals surface area contributed by atoms with Crippen molar-refractivity contribution in [3.05, 3.63) is 12.7 Å². The van der Waals surface area contributed by atoms with Gasteiger partial charge in [-0.05, 0) is 0 Å². The first kappa shape index (κ1) is 10.6. The lowest BCUT2D eigenvalue weighted by Gasteiger charge is -2.05. The van der Waals surface area contributed by atoms with Gasteiger partial charge in [-0.25, -0.2) is 27.1 Å². The van der Waals surface area contributed by atoms with Crippen molar-refractivity contribution in [2.75, 3.05) is 0 Å². The first-order chi connectivity index (χ1) is 4.69. The molecule has 0 heterocycles. The van der Waals surface area contributed by atoms with E-state index in [0.29, 0.717) is 6.08 Å². The molecule has 66 valence electrons. The highest BCUT2D eigenvalue weighted by molar-refractivity contribution is 8.07. The van der Waals surface area contributed by atoms with E-state index in [2.05, 4.69) is 16.9 Å². The SMILES string of the molecule is C=CC(S(N)(=O)=O)S(N)(=O)=O. The molecule has 0 aromatic heterocycles. The maximum Gasteiger partial charge on any atom is 0.231 e. The third-order valence-electron chi connectivity index (χ3n) is 0.840. The lowest BCUT2D eigenvalue weighted by molar-refractivity contribution is 0.584. The summed E-state index contributed by atoms with van der Waals surface area (Å²) >= 11 is 0. The van der Waals surface area contributed by atoms with Gasteiger partial charge in [0.05, 0.1) is 0 Å². The minimum Gasteiger partial charge on any atom is -0.227 e. The first-order valence-electron chi connectivity index (χ1n) is 2.35. The minimum absolute atomic E-state index is 0.657. The molecule has 11 heavy (non-hydrogen) atoms. The molecule has 4 N–H and O–H groups in total. The minimum atomic E-state index is -4.20. The topological polar surface area (TPSA) is 120 Å². The smallest absolute Gasteiger partial charge is 0.227 e. The second-order valence-corrected chi connectivity index (χ2v) is 5.45. The summed E-state index contributed by atoms with van der Waals surface area (Å²) in [6.07, 6.45) is 0.657. The lowest BCUT2D eigenvalue weighted by atomic mass is 10.8. The predicted octanol–water partition coefficient (Wildman–Crippen LogP) is -1.92. The molecule has 0 radical (unpaired) electrons. The zero-order valence-electron chi connectivity index (χ0n) is 5.47. The molecule has 0 aromatic carbocycles. The fourth-order valence-electron chi connectivity index (χ4n) is 0.455. The first-order valence-corrected chi connectivity index (χ1v) is 5.57. The van der Waals surface area contributed by atoms with Crippen LogP contribution in [0.25, 0.3) is 0 Å². The van der Waals surface area contributed by atoms with Crippen LogP contribution in [0.5, 0.6) is 0 Å². The Morgan fingerprint density at radius 3 is 1.36 bits per heavy atom. The number of primary sulfonamides is 2. The van der Waals surface area contributed by atoms with Crippen molar-refractivity contribution in [3.63, 3.8) is 0 Å². The Morgan fingerprint density at radius 2 is 1.36 bits per heavy atom. The average molecular weight is 200 g/mol. The van der Waals surface area contributed by atoms with E-state index in [1.165, 1.54) is 0 Å². The Labute approximate surface area is 65.0 Å². The number of hydrogen-bond acceptors (Lipinski definition) is 4. The zero-order valence-corrected chi connectivity index (χ0v) is 7.10. The summed E-state index contributed by atoms with van der Waals surface area (Å²) in [5.41, 5.74) is 0. The van der Waals surface area contributed by atoms with Crippen molar-refractivity contribution in [2.24, 2.45) is 10.3 Å². The van der Waals surface area contributed by atoms with Crippen LogP contribution in [-0.4, -0.2) is 21.4 Å². The van der Waals surface area contributed by atoms with E-state index in [-0.39, 0.29) is 0 Å². The quantitative estimate of drug-likeness (QED) is 0.515. The molecular formula is C3H8N2O4S2. The molecule has 0 aromatic rings. The van der Waals surface area contributed by atoms with E-state index in [4.69, 9.17) is 0 Å². The van der Waals surface area contributed by atoms with Crippen molar-refractivity contribution < 1.29 is 16.8 Å². The highest BCUT2D eigenvalue weighted by atomic mass is 32.3. The maximum absolute atomic E-state index is 10.5. The molecule has 0 bridgehead atoms. The van der Waals surface area contributed by atoms with Crippen LogP contribution in [0.4, 0.5) is 0 Å². The average Bonchev–Trinajstić information content (AvgIpc) is 1.56. The van der Waals surface area contributed by atoms with E-state index in [0.717, 1.165) is 0 Å². The van der Waals surface area contributed by atoms with Crippen LogP contribution >= 0.6 is 0 Å². The summed E-state index contributed by atoms with van der Waals surface area (Å²) in [7, 11) is -8.41. The van der Waals surface area contributed by atoms with Gasteiger partial charge in [0.25, 0.3) is 0 Å². The molecule has 0 saturated carbocycles. The van der Waals surface area contributed by atoms with E-state index in [1.54, 1.807) is 0 Å². The molecular weight excluding hydrogens is 192 g/mol. The molecule has 0 aliphatic carbocycles. The molecule has 8 heteroatoms. The summed E-state index contributed by atoms with van der Waals surface area (Å²) in [5.74, 6) is 0.